The second-order valence-electron chi connectivity index (χ2n) is 5.32. The average molecular weight is 314 g/mol. The monoisotopic (exact) mass is 314 g/mol. The number of benzene rings is 1. The van der Waals surface area contributed by atoms with E-state index in [1.165, 1.54) is 12.1 Å². The third-order valence-corrected chi connectivity index (χ3v) is 3.85. The summed E-state index contributed by atoms with van der Waals surface area (Å²) in [5.41, 5.74) is 5.40. The first kappa shape index (κ1) is 14.1. The minimum Gasteiger partial charge on any atom is -0.353 e. The van der Waals surface area contributed by atoms with Crippen molar-refractivity contribution in [3.05, 3.63) is 72.4 Å². The second kappa shape index (κ2) is 5.60. The molecule has 0 unspecified atom stereocenters. The van der Waals surface area contributed by atoms with Crippen LogP contribution in [0.3, 0.4) is 0 Å². The number of H-pyrrole nitrogens is 1. The highest BCUT2D eigenvalue weighted by Gasteiger charge is 2.16. The van der Waals surface area contributed by atoms with Crippen molar-refractivity contribution in [2.24, 2.45) is 0 Å². The molecule has 0 aliphatic rings. The van der Waals surface area contributed by atoms with Gasteiger partial charge in [-0.1, -0.05) is 12.1 Å². The van der Waals surface area contributed by atoms with E-state index in [0.717, 1.165) is 33.4 Å². The van der Waals surface area contributed by atoms with Gasteiger partial charge in [0.1, 0.15) is 17.6 Å². The first-order chi connectivity index (χ1) is 11.8. The van der Waals surface area contributed by atoms with E-state index in [1.807, 2.05) is 24.3 Å². The predicted molar refractivity (Wildman–Crippen MR) is 89.4 cm³/mol. The van der Waals surface area contributed by atoms with Crippen LogP contribution in [0.15, 0.2) is 60.9 Å². The molecule has 0 atom stereocenters. The lowest BCUT2D eigenvalue weighted by molar-refractivity contribution is 0.628. The van der Waals surface area contributed by atoms with Crippen LogP contribution in [0, 0.1) is 17.1 Å². The molecule has 114 valence electrons. The van der Waals surface area contributed by atoms with E-state index in [-0.39, 0.29) is 5.82 Å². The highest BCUT2D eigenvalue weighted by Crippen LogP contribution is 2.37. The Morgan fingerprint density at radius 3 is 2.58 bits per heavy atom. The van der Waals surface area contributed by atoms with Gasteiger partial charge in [0, 0.05) is 23.5 Å². The molecule has 0 radical (unpaired) electrons. The van der Waals surface area contributed by atoms with Crippen LogP contribution in [0.4, 0.5) is 4.39 Å². The molecule has 1 aromatic carbocycles. The van der Waals surface area contributed by atoms with Crippen LogP contribution in [-0.2, 0) is 0 Å². The van der Waals surface area contributed by atoms with Gasteiger partial charge in [-0.05, 0) is 42.0 Å². The Kier molecular flexibility index (Phi) is 3.29. The molecular formula is C19H11FN4. The molecule has 0 bridgehead atoms. The van der Waals surface area contributed by atoms with Crippen molar-refractivity contribution in [2.45, 2.75) is 0 Å². The number of aromatic amines is 1. The third kappa shape index (κ3) is 2.31. The Morgan fingerprint density at radius 1 is 0.958 bits per heavy atom. The Morgan fingerprint density at radius 2 is 1.79 bits per heavy atom. The molecule has 0 aliphatic carbocycles. The summed E-state index contributed by atoms with van der Waals surface area (Å²) in [5, 5.41) is 9.09. The van der Waals surface area contributed by atoms with E-state index in [1.54, 1.807) is 30.6 Å². The lowest BCUT2D eigenvalue weighted by Crippen LogP contribution is -1.87. The van der Waals surface area contributed by atoms with Crippen LogP contribution < -0.4 is 0 Å². The van der Waals surface area contributed by atoms with Gasteiger partial charge in [0.25, 0.3) is 0 Å². The summed E-state index contributed by atoms with van der Waals surface area (Å²) >= 11 is 0. The summed E-state index contributed by atoms with van der Waals surface area (Å²) in [5.74, 6) is -0.288. The molecule has 5 heteroatoms. The number of pyridine rings is 2. The fourth-order valence-corrected chi connectivity index (χ4v) is 2.78. The van der Waals surface area contributed by atoms with E-state index in [9.17, 15) is 4.39 Å². The number of hydrogen-bond donors (Lipinski definition) is 1. The number of halogens is 1. The maximum atomic E-state index is 13.3. The molecule has 0 amide bonds. The average Bonchev–Trinajstić information content (AvgIpc) is 3.02. The third-order valence-electron chi connectivity index (χ3n) is 3.85. The Labute approximate surface area is 137 Å². The van der Waals surface area contributed by atoms with Gasteiger partial charge < -0.3 is 4.98 Å². The normalized spacial score (nSPS) is 10.7. The predicted octanol–water partition coefficient (Wildman–Crippen LogP) is 4.30. The largest absolute Gasteiger partial charge is 0.353 e. The van der Waals surface area contributed by atoms with Gasteiger partial charge in [-0.15, -0.1) is 0 Å². The summed E-state index contributed by atoms with van der Waals surface area (Å²) in [4.78, 5) is 11.8. The molecule has 1 N–H and O–H groups in total. The molecule has 0 saturated carbocycles. The minimum atomic E-state index is -0.288. The Balaban J connectivity index is 2.03. The van der Waals surface area contributed by atoms with Gasteiger partial charge in [-0.2, -0.15) is 5.26 Å². The zero-order chi connectivity index (χ0) is 16.5. The van der Waals surface area contributed by atoms with Crippen molar-refractivity contribution in [1.82, 2.24) is 15.0 Å². The molecule has 4 aromatic rings. The fourth-order valence-electron chi connectivity index (χ4n) is 2.78. The van der Waals surface area contributed by atoms with Gasteiger partial charge in [0.05, 0.1) is 16.7 Å². The molecule has 4 rings (SSSR count). The summed E-state index contributed by atoms with van der Waals surface area (Å²) in [6.45, 7) is 0. The minimum absolute atomic E-state index is 0.288. The molecule has 0 spiro atoms. The van der Waals surface area contributed by atoms with Crippen LogP contribution >= 0.6 is 0 Å². The smallest absolute Gasteiger partial charge is 0.141 e. The molecule has 3 aromatic heterocycles. The zero-order valence-corrected chi connectivity index (χ0v) is 12.5. The summed E-state index contributed by atoms with van der Waals surface area (Å²) in [7, 11) is 0. The summed E-state index contributed by atoms with van der Waals surface area (Å²) in [6.07, 6.45) is 3.32. The lowest BCUT2D eigenvalue weighted by Gasteiger charge is -2.05. The van der Waals surface area contributed by atoms with Gasteiger partial charge in [0.15, 0.2) is 0 Å². The van der Waals surface area contributed by atoms with E-state index < -0.39 is 0 Å². The molecule has 0 fully saturated rings. The number of aromatic nitrogens is 3. The van der Waals surface area contributed by atoms with Gasteiger partial charge in [-0.3, -0.25) is 4.98 Å². The number of rotatable bonds is 2. The number of hydrogen-bond acceptors (Lipinski definition) is 3. The highest BCUT2D eigenvalue weighted by molar-refractivity contribution is 6.01. The van der Waals surface area contributed by atoms with Crippen molar-refractivity contribution in [2.75, 3.05) is 0 Å². The van der Waals surface area contributed by atoms with E-state index in [0.29, 0.717) is 5.69 Å². The first-order valence-corrected chi connectivity index (χ1v) is 7.35. The maximum absolute atomic E-state index is 13.3. The van der Waals surface area contributed by atoms with Gasteiger partial charge in [-0.25, -0.2) is 9.37 Å². The molecule has 24 heavy (non-hydrogen) atoms. The Bertz CT molecular complexity index is 1070. The van der Waals surface area contributed by atoms with Gasteiger partial charge in [0.2, 0.25) is 0 Å². The number of nitrogens with zero attached hydrogens (tertiary/aromatic N) is 3. The van der Waals surface area contributed by atoms with Crippen molar-refractivity contribution in [3.8, 4) is 28.5 Å². The van der Waals surface area contributed by atoms with E-state index in [4.69, 9.17) is 5.26 Å². The topological polar surface area (TPSA) is 65.4 Å². The zero-order valence-electron chi connectivity index (χ0n) is 12.5. The van der Waals surface area contributed by atoms with Crippen LogP contribution in [-0.4, -0.2) is 15.0 Å². The van der Waals surface area contributed by atoms with Gasteiger partial charge >= 0.3 is 0 Å². The fraction of sp³-hybridized carbons (Fsp3) is 0. The van der Waals surface area contributed by atoms with Crippen LogP contribution in [0.2, 0.25) is 0 Å². The SMILES string of the molecule is N#Cc1cc(-c2[nH]c3cccnc3c2-c2ccc(F)cc2)ccn1. The maximum Gasteiger partial charge on any atom is 0.141 e. The highest BCUT2D eigenvalue weighted by atomic mass is 19.1. The summed E-state index contributed by atoms with van der Waals surface area (Å²) in [6, 6.07) is 15.7. The second-order valence-corrected chi connectivity index (χ2v) is 5.32. The molecule has 3 heterocycles. The summed E-state index contributed by atoms with van der Waals surface area (Å²) < 4.78 is 13.3. The van der Waals surface area contributed by atoms with Crippen molar-refractivity contribution in [1.29, 1.82) is 5.26 Å². The molecule has 0 saturated heterocycles. The standard InChI is InChI=1S/C19H11FN4/c20-14-5-3-12(4-6-14)17-18(13-7-9-22-15(10-13)11-21)24-16-2-1-8-23-19(16)17/h1-10,24H. The number of nitrogens with one attached hydrogen (secondary N) is 1. The van der Waals surface area contributed by atoms with Crippen molar-refractivity contribution in [3.63, 3.8) is 0 Å². The van der Waals surface area contributed by atoms with Crippen LogP contribution in [0.25, 0.3) is 33.4 Å². The molecule has 4 nitrogen and oxygen atoms in total. The van der Waals surface area contributed by atoms with Crippen molar-refractivity contribution >= 4 is 11.0 Å². The molecule has 0 aliphatic heterocycles. The first-order valence-electron chi connectivity index (χ1n) is 7.35. The van der Waals surface area contributed by atoms with Crippen LogP contribution in [0.1, 0.15) is 5.69 Å². The van der Waals surface area contributed by atoms with Crippen molar-refractivity contribution < 1.29 is 4.39 Å². The number of fused-ring (bicyclic) bond motifs is 1. The lowest BCUT2D eigenvalue weighted by atomic mass is 10.0. The van der Waals surface area contributed by atoms with Crippen LogP contribution in [0.5, 0.6) is 0 Å². The number of nitriles is 1. The quantitative estimate of drug-likeness (QED) is 0.600. The van der Waals surface area contributed by atoms with E-state index in [2.05, 4.69) is 15.0 Å². The Hall–Kier alpha value is -3.52. The molecular weight excluding hydrogens is 303 g/mol. The van der Waals surface area contributed by atoms with E-state index >= 15 is 0 Å².